The van der Waals surface area contributed by atoms with Crippen molar-refractivity contribution in [3.05, 3.63) is 30.0 Å². The average molecular weight is 92.1 g/mol. The van der Waals surface area contributed by atoms with E-state index < -0.39 is 0 Å². The van der Waals surface area contributed by atoms with Crippen LogP contribution in [0.25, 0.3) is 0 Å². The lowest BCUT2D eigenvalue weighted by Gasteiger charge is -1.94. The molecule has 1 atom stereocenters. The molecule has 0 heterocycles. The highest BCUT2D eigenvalue weighted by atomic mass is 13.9. The first-order chi connectivity index (χ1) is 3.39. The summed E-state index contributed by atoms with van der Waals surface area (Å²) in [6.07, 6.45) is 8.11. The zero-order valence-electron chi connectivity index (χ0n) is 4.39. The first kappa shape index (κ1) is 4.42. The molecule has 0 nitrogen and oxygen atoms in total. The molecule has 0 N–H and O–H groups in total. The van der Waals surface area contributed by atoms with Crippen molar-refractivity contribution in [1.29, 1.82) is 0 Å². The second-order valence-corrected chi connectivity index (χ2v) is 1.74. The van der Waals surface area contributed by atoms with Gasteiger partial charge in [0.25, 0.3) is 0 Å². The Morgan fingerprint density at radius 1 is 1.57 bits per heavy atom. The Balaban J connectivity index is 2.77. The van der Waals surface area contributed by atoms with Crippen molar-refractivity contribution < 1.29 is 0 Å². The molecule has 1 rings (SSSR count). The fourth-order valence-corrected chi connectivity index (χ4v) is 0.549. The minimum absolute atomic E-state index is 0.588. The van der Waals surface area contributed by atoms with Crippen molar-refractivity contribution in [2.75, 3.05) is 0 Å². The molecule has 1 aliphatic rings. The van der Waals surface area contributed by atoms with E-state index in [0.29, 0.717) is 5.92 Å². The maximum atomic E-state index is 3.00. The van der Waals surface area contributed by atoms with Crippen LogP contribution in [-0.4, -0.2) is 0 Å². The smallest absolute Gasteiger partial charge is 0.000258 e. The zero-order valence-corrected chi connectivity index (χ0v) is 4.39. The third-order valence-corrected chi connectivity index (χ3v) is 0.966. The van der Waals surface area contributed by atoms with Gasteiger partial charge in [-0.1, -0.05) is 19.1 Å². The molecule has 0 aromatic carbocycles. The van der Waals surface area contributed by atoms with Crippen LogP contribution in [0.5, 0.6) is 0 Å². The minimum atomic E-state index is 0.588. The van der Waals surface area contributed by atoms with Gasteiger partial charge < -0.3 is 0 Å². The second-order valence-electron chi connectivity index (χ2n) is 1.74. The summed E-state index contributed by atoms with van der Waals surface area (Å²) in [6, 6.07) is 0. The summed E-state index contributed by atoms with van der Waals surface area (Å²) < 4.78 is 0. The van der Waals surface area contributed by atoms with Gasteiger partial charge in [0.15, 0.2) is 0 Å². The third kappa shape index (κ3) is 1.06. The Hall–Kier alpha value is -0.740. The van der Waals surface area contributed by atoms with Crippen molar-refractivity contribution in [2.24, 2.45) is 5.92 Å². The van der Waals surface area contributed by atoms with Crippen LogP contribution >= 0.6 is 0 Å². The summed E-state index contributed by atoms with van der Waals surface area (Å²) in [6.45, 7) is 2.14. The van der Waals surface area contributed by atoms with Crippen LogP contribution in [-0.2, 0) is 0 Å². The summed E-state index contributed by atoms with van der Waals surface area (Å²) in [4.78, 5) is 0. The molecule has 0 aromatic rings. The number of allylic oxidation sites excluding steroid dienone is 3. The first-order valence-corrected chi connectivity index (χ1v) is 2.49. The predicted molar refractivity (Wildman–Crippen MR) is 31.0 cm³/mol. The van der Waals surface area contributed by atoms with Crippen LogP contribution in [0.4, 0.5) is 0 Å². The molecule has 1 aliphatic carbocycles. The lowest BCUT2D eigenvalue weighted by atomic mass is 10.1. The number of rotatable bonds is 0. The van der Waals surface area contributed by atoms with Gasteiger partial charge in [0.2, 0.25) is 0 Å². The molecule has 0 heteroatoms. The molecule has 0 spiro atoms. The summed E-state index contributed by atoms with van der Waals surface area (Å²) in [7, 11) is 0. The van der Waals surface area contributed by atoms with Gasteiger partial charge in [-0.2, -0.15) is 0 Å². The van der Waals surface area contributed by atoms with E-state index in [-0.39, 0.29) is 0 Å². The summed E-state index contributed by atoms with van der Waals surface area (Å²) >= 11 is 0. The molecule has 0 saturated heterocycles. The maximum absolute atomic E-state index is 3.00. The second kappa shape index (κ2) is 1.81. The van der Waals surface area contributed by atoms with Gasteiger partial charge in [-0.25, -0.2) is 0 Å². The summed E-state index contributed by atoms with van der Waals surface area (Å²) in [5, 5.41) is 0. The molecule has 0 aliphatic heterocycles. The van der Waals surface area contributed by atoms with Crippen molar-refractivity contribution in [3.63, 3.8) is 0 Å². The van der Waals surface area contributed by atoms with Crippen LogP contribution in [0.1, 0.15) is 6.92 Å². The molecule has 0 aromatic heterocycles. The van der Waals surface area contributed by atoms with Gasteiger partial charge >= 0.3 is 0 Å². The molecule has 0 saturated carbocycles. The first-order valence-electron chi connectivity index (χ1n) is 2.49. The summed E-state index contributed by atoms with van der Waals surface area (Å²) in [5.41, 5.74) is 3.00. The standard InChI is InChI=1S/C7H8/c1-7-5-3-2-4-6-7/h2-3,5-7H,1H3. The quantitative estimate of drug-likeness (QED) is 0.400. The van der Waals surface area contributed by atoms with Crippen LogP contribution in [0.2, 0.25) is 0 Å². The van der Waals surface area contributed by atoms with Gasteiger partial charge in [0.1, 0.15) is 0 Å². The number of hydrogen-bond acceptors (Lipinski definition) is 0. The molecule has 36 valence electrons. The molecule has 0 radical (unpaired) electrons. The third-order valence-electron chi connectivity index (χ3n) is 0.966. The van der Waals surface area contributed by atoms with Gasteiger partial charge in [-0.3, -0.25) is 0 Å². The fourth-order valence-electron chi connectivity index (χ4n) is 0.549. The maximum Gasteiger partial charge on any atom is -0.000258 e. The van der Waals surface area contributed by atoms with Crippen LogP contribution < -0.4 is 0 Å². The van der Waals surface area contributed by atoms with Crippen molar-refractivity contribution in [1.82, 2.24) is 0 Å². The predicted octanol–water partition coefficient (Wildman–Crippen LogP) is 1.90. The highest BCUT2D eigenvalue weighted by Gasteiger charge is 1.87. The highest BCUT2D eigenvalue weighted by molar-refractivity contribution is 5.12. The van der Waals surface area contributed by atoms with E-state index in [0.717, 1.165) is 0 Å². The SMILES string of the molecule is CC1C=C=CC=C1. The average Bonchev–Trinajstić information content (AvgIpc) is 1.69. The van der Waals surface area contributed by atoms with E-state index in [1.54, 1.807) is 0 Å². The molecular weight excluding hydrogens is 84.1 g/mol. The van der Waals surface area contributed by atoms with Crippen molar-refractivity contribution >= 4 is 0 Å². The summed E-state index contributed by atoms with van der Waals surface area (Å²) in [5.74, 6) is 0.588. The van der Waals surface area contributed by atoms with Crippen LogP contribution in [0.15, 0.2) is 30.0 Å². The lowest BCUT2D eigenvalue weighted by Crippen LogP contribution is -1.80. The van der Waals surface area contributed by atoms with E-state index in [2.05, 4.69) is 18.7 Å². The van der Waals surface area contributed by atoms with Crippen molar-refractivity contribution in [3.8, 4) is 0 Å². The van der Waals surface area contributed by atoms with Gasteiger partial charge in [-0.15, -0.1) is 5.73 Å². The van der Waals surface area contributed by atoms with Gasteiger partial charge in [0.05, 0.1) is 0 Å². The Labute approximate surface area is 43.9 Å². The Bertz CT molecular complexity index is 134. The molecule has 7 heavy (non-hydrogen) atoms. The van der Waals surface area contributed by atoms with E-state index in [1.807, 2.05) is 18.2 Å². The highest BCUT2D eigenvalue weighted by Crippen LogP contribution is 2.00. The molecule has 0 bridgehead atoms. The Kier molecular flexibility index (Phi) is 1.14. The number of hydrogen-bond donors (Lipinski definition) is 0. The largest absolute Gasteiger partial charge is 0.125 e. The van der Waals surface area contributed by atoms with Gasteiger partial charge in [-0.05, 0) is 18.1 Å². The van der Waals surface area contributed by atoms with E-state index in [1.165, 1.54) is 0 Å². The van der Waals surface area contributed by atoms with E-state index >= 15 is 0 Å². The normalized spacial score (nSPS) is 26.1. The topological polar surface area (TPSA) is 0 Å². The molecule has 0 fully saturated rings. The molecule has 1 unspecified atom stereocenters. The monoisotopic (exact) mass is 92.1 g/mol. The zero-order chi connectivity index (χ0) is 5.11. The van der Waals surface area contributed by atoms with Gasteiger partial charge in [0, 0.05) is 0 Å². The van der Waals surface area contributed by atoms with E-state index in [9.17, 15) is 0 Å². The van der Waals surface area contributed by atoms with Crippen LogP contribution in [0.3, 0.4) is 0 Å². The molecule has 0 amide bonds. The van der Waals surface area contributed by atoms with Crippen molar-refractivity contribution in [2.45, 2.75) is 6.92 Å². The van der Waals surface area contributed by atoms with E-state index in [4.69, 9.17) is 0 Å². The lowest BCUT2D eigenvalue weighted by molar-refractivity contribution is 0.937. The Morgan fingerprint density at radius 3 is 2.71 bits per heavy atom. The minimum Gasteiger partial charge on any atom is -0.125 e. The Morgan fingerprint density at radius 2 is 2.43 bits per heavy atom. The van der Waals surface area contributed by atoms with Crippen LogP contribution in [0, 0.1) is 5.92 Å². The fraction of sp³-hybridized carbons (Fsp3) is 0.286. The molecular formula is C7H8.